The van der Waals surface area contributed by atoms with Crippen molar-refractivity contribution < 1.29 is 23.7 Å². The molecular formula is C17H16ClNO5. The van der Waals surface area contributed by atoms with E-state index >= 15 is 0 Å². The lowest BCUT2D eigenvalue weighted by Crippen LogP contribution is -2.06. The lowest BCUT2D eigenvalue weighted by molar-refractivity contribution is -0.133. The van der Waals surface area contributed by atoms with Crippen LogP contribution in [0.4, 0.5) is 0 Å². The number of esters is 1. The van der Waals surface area contributed by atoms with Crippen LogP contribution in [0.3, 0.4) is 0 Å². The van der Waals surface area contributed by atoms with E-state index < -0.39 is 5.97 Å². The summed E-state index contributed by atoms with van der Waals surface area (Å²) in [6.45, 7) is 0. The molecular weight excluding hydrogens is 334 g/mol. The van der Waals surface area contributed by atoms with Crippen LogP contribution in [0.5, 0.6) is 17.4 Å². The minimum Gasteiger partial charge on any atom is -0.503 e. The fourth-order valence-electron chi connectivity index (χ4n) is 1.93. The Labute approximate surface area is 144 Å². The van der Waals surface area contributed by atoms with Crippen LogP contribution in [0.15, 0.2) is 48.9 Å². The van der Waals surface area contributed by atoms with Gasteiger partial charge in [-0.15, -0.1) is 0 Å². The first kappa shape index (κ1) is 17.6. The second kappa shape index (κ2) is 8.79. The van der Waals surface area contributed by atoms with Gasteiger partial charge in [-0.05, 0) is 24.3 Å². The number of carbonyl (C=O) groups is 1. The third-order valence-electron chi connectivity index (χ3n) is 2.94. The number of nitrogens with zero attached hydrogens (tertiary/aromatic N) is 1. The Bertz CT molecular complexity index is 732. The lowest BCUT2D eigenvalue weighted by Gasteiger charge is -2.12. The molecule has 24 heavy (non-hydrogen) atoms. The SMILES string of the molecule is CO/C=C(\C(=O)OC)c1cccnc1Oc1cccc(OCCl)c1. The molecule has 0 N–H and O–H groups in total. The maximum absolute atomic E-state index is 12.0. The van der Waals surface area contributed by atoms with Gasteiger partial charge in [-0.1, -0.05) is 17.7 Å². The topological polar surface area (TPSA) is 66.9 Å². The molecule has 126 valence electrons. The number of benzene rings is 1. The van der Waals surface area contributed by atoms with Crippen LogP contribution >= 0.6 is 11.6 Å². The summed E-state index contributed by atoms with van der Waals surface area (Å²) in [5.41, 5.74) is 0.631. The van der Waals surface area contributed by atoms with Gasteiger partial charge in [0, 0.05) is 12.3 Å². The standard InChI is InChI=1S/C17H16ClNO5/c1-21-10-15(17(20)22-2)14-7-4-8-19-16(14)24-13-6-3-5-12(9-13)23-11-18/h3-10H,11H2,1-2H3/b15-10-. The summed E-state index contributed by atoms with van der Waals surface area (Å²) in [7, 11) is 2.72. The van der Waals surface area contributed by atoms with E-state index in [0.29, 0.717) is 17.1 Å². The van der Waals surface area contributed by atoms with E-state index in [4.69, 9.17) is 30.5 Å². The van der Waals surface area contributed by atoms with E-state index in [-0.39, 0.29) is 17.5 Å². The van der Waals surface area contributed by atoms with Crippen molar-refractivity contribution in [2.45, 2.75) is 0 Å². The molecule has 0 aliphatic heterocycles. The molecule has 0 atom stereocenters. The van der Waals surface area contributed by atoms with Gasteiger partial charge >= 0.3 is 5.97 Å². The predicted molar refractivity (Wildman–Crippen MR) is 89.1 cm³/mol. The van der Waals surface area contributed by atoms with Gasteiger partial charge in [-0.3, -0.25) is 0 Å². The van der Waals surface area contributed by atoms with Gasteiger partial charge in [-0.25, -0.2) is 9.78 Å². The first-order chi connectivity index (χ1) is 11.7. The van der Waals surface area contributed by atoms with E-state index in [9.17, 15) is 4.79 Å². The number of methoxy groups -OCH3 is 2. The minimum absolute atomic E-state index is 0.0291. The third-order valence-corrected chi connectivity index (χ3v) is 3.05. The second-order valence-corrected chi connectivity index (χ2v) is 4.66. The molecule has 0 aliphatic carbocycles. The van der Waals surface area contributed by atoms with E-state index in [2.05, 4.69) is 4.98 Å². The lowest BCUT2D eigenvalue weighted by atomic mass is 10.1. The van der Waals surface area contributed by atoms with Gasteiger partial charge in [0.05, 0.1) is 26.0 Å². The molecule has 1 aromatic heterocycles. The number of hydrogen-bond acceptors (Lipinski definition) is 6. The summed E-state index contributed by atoms with van der Waals surface area (Å²) < 4.78 is 20.7. The zero-order valence-electron chi connectivity index (χ0n) is 13.2. The van der Waals surface area contributed by atoms with Gasteiger partial charge < -0.3 is 18.9 Å². The molecule has 2 aromatic rings. The molecule has 0 unspecified atom stereocenters. The van der Waals surface area contributed by atoms with Crippen molar-refractivity contribution in [2.24, 2.45) is 0 Å². The first-order valence-corrected chi connectivity index (χ1v) is 7.46. The molecule has 7 heteroatoms. The smallest absolute Gasteiger partial charge is 0.341 e. The van der Waals surface area contributed by atoms with Crippen LogP contribution in [0, 0.1) is 0 Å². The Morgan fingerprint density at radius 1 is 1.21 bits per heavy atom. The molecule has 0 bridgehead atoms. The molecule has 1 aromatic carbocycles. The highest BCUT2D eigenvalue weighted by atomic mass is 35.5. The highest BCUT2D eigenvalue weighted by Gasteiger charge is 2.19. The predicted octanol–water partition coefficient (Wildman–Crippen LogP) is 3.61. The van der Waals surface area contributed by atoms with Crippen LogP contribution in [0.2, 0.25) is 0 Å². The van der Waals surface area contributed by atoms with Crippen LogP contribution in [0.25, 0.3) is 5.57 Å². The van der Waals surface area contributed by atoms with E-state index in [1.165, 1.54) is 20.5 Å². The number of carbonyl (C=O) groups excluding carboxylic acids is 1. The maximum Gasteiger partial charge on any atom is 0.341 e. The summed E-state index contributed by atoms with van der Waals surface area (Å²) in [6, 6.07) is 10.3. The molecule has 0 aliphatic rings. The van der Waals surface area contributed by atoms with Crippen molar-refractivity contribution in [1.82, 2.24) is 4.98 Å². The monoisotopic (exact) mass is 349 g/mol. The molecule has 2 rings (SSSR count). The number of ether oxygens (including phenoxy) is 4. The summed E-state index contributed by atoms with van der Waals surface area (Å²) in [4.78, 5) is 16.1. The van der Waals surface area contributed by atoms with Crippen molar-refractivity contribution in [2.75, 3.05) is 20.3 Å². The first-order valence-electron chi connectivity index (χ1n) is 6.93. The number of rotatable bonds is 7. The number of hydrogen-bond donors (Lipinski definition) is 0. The summed E-state index contributed by atoms with van der Waals surface area (Å²) >= 11 is 5.55. The van der Waals surface area contributed by atoms with E-state index in [0.717, 1.165) is 0 Å². The van der Waals surface area contributed by atoms with Gasteiger partial charge in [0.25, 0.3) is 0 Å². The minimum atomic E-state index is -0.561. The molecule has 6 nitrogen and oxygen atoms in total. The van der Waals surface area contributed by atoms with Crippen LogP contribution in [-0.2, 0) is 14.3 Å². The normalized spacial score (nSPS) is 10.9. The van der Waals surface area contributed by atoms with Crippen LogP contribution in [-0.4, -0.2) is 31.2 Å². The van der Waals surface area contributed by atoms with Crippen molar-refractivity contribution in [3.8, 4) is 17.4 Å². The van der Waals surface area contributed by atoms with E-state index in [1.807, 2.05) is 0 Å². The number of alkyl halides is 1. The number of aromatic nitrogens is 1. The second-order valence-electron chi connectivity index (χ2n) is 4.45. The van der Waals surface area contributed by atoms with Crippen LogP contribution in [0.1, 0.15) is 5.56 Å². The molecule has 1 heterocycles. The van der Waals surface area contributed by atoms with Gasteiger partial charge in [0.1, 0.15) is 17.1 Å². The summed E-state index contributed by atoms with van der Waals surface area (Å²) in [5, 5.41) is 0. The van der Waals surface area contributed by atoms with Crippen molar-refractivity contribution in [3.63, 3.8) is 0 Å². The highest BCUT2D eigenvalue weighted by Crippen LogP contribution is 2.30. The van der Waals surface area contributed by atoms with Gasteiger partial charge in [0.2, 0.25) is 5.88 Å². The maximum atomic E-state index is 12.0. The zero-order valence-corrected chi connectivity index (χ0v) is 13.9. The molecule has 0 fully saturated rings. The molecule has 0 radical (unpaired) electrons. The Hall–Kier alpha value is -2.73. The zero-order chi connectivity index (χ0) is 17.4. The molecule has 0 spiro atoms. The Morgan fingerprint density at radius 3 is 2.71 bits per heavy atom. The Balaban J connectivity index is 2.36. The highest BCUT2D eigenvalue weighted by molar-refractivity contribution is 6.17. The fourth-order valence-corrected chi connectivity index (χ4v) is 2.05. The molecule has 0 amide bonds. The fraction of sp³-hybridized carbons (Fsp3) is 0.176. The summed E-state index contributed by atoms with van der Waals surface area (Å²) in [6.07, 6.45) is 2.84. The molecule has 0 saturated carbocycles. The largest absolute Gasteiger partial charge is 0.503 e. The summed E-state index contributed by atoms with van der Waals surface area (Å²) in [5.74, 6) is 0.711. The Kier molecular flexibility index (Phi) is 6.45. The number of pyridine rings is 1. The number of halogens is 1. The van der Waals surface area contributed by atoms with Gasteiger partial charge in [0.15, 0.2) is 6.07 Å². The quantitative estimate of drug-likeness (QED) is 0.329. The average Bonchev–Trinajstić information content (AvgIpc) is 2.60. The Morgan fingerprint density at radius 2 is 2.00 bits per heavy atom. The molecule has 0 saturated heterocycles. The van der Waals surface area contributed by atoms with Crippen molar-refractivity contribution >= 4 is 23.1 Å². The van der Waals surface area contributed by atoms with Crippen molar-refractivity contribution in [1.29, 1.82) is 0 Å². The van der Waals surface area contributed by atoms with E-state index in [1.54, 1.807) is 42.6 Å². The average molecular weight is 350 g/mol. The third kappa shape index (κ3) is 4.39. The van der Waals surface area contributed by atoms with Crippen LogP contribution < -0.4 is 9.47 Å². The van der Waals surface area contributed by atoms with Crippen molar-refractivity contribution in [3.05, 3.63) is 54.4 Å². The van der Waals surface area contributed by atoms with Gasteiger partial charge in [-0.2, -0.15) is 0 Å².